The SMILES string of the molecule is COc1ccc(CCC2CCCCN2S(C)(=O)=O)cc1. The number of benzene rings is 1. The lowest BCUT2D eigenvalue weighted by molar-refractivity contribution is 0.242. The first-order valence-electron chi connectivity index (χ1n) is 7.10. The van der Waals surface area contributed by atoms with Crippen LogP contribution in [-0.2, 0) is 16.4 Å². The maximum absolute atomic E-state index is 11.8. The van der Waals surface area contributed by atoms with Gasteiger partial charge in [-0.15, -0.1) is 0 Å². The smallest absolute Gasteiger partial charge is 0.211 e. The van der Waals surface area contributed by atoms with Gasteiger partial charge in [-0.1, -0.05) is 18.6 Å². The van der Waals surface area contributed by atoms with Crippen molar-refractivity contribution < 1.29 is 13.2 Å². The van der Waals surface area contributed by atoms with Crippen LogP contribution in [0.4, 0.5) is 0 Å². The summed E-state index contributed by atoms with van der Waals surface area (Å²) >= 11 is 0. The van der Waals surface area contributed by atoms with Gasteiger partial charge in [-0.2, -0.15) is 4.31 Å². The summed E-state index contributed by atoms with van der Waals surface area (Å²) in [5, 5.41) is 0. The Bertz CT molecular complexity index is 525. The first kappa shape index (κ1) is 15.3. The highest BCUT2D eigenvalue weighted by Crippen LogP contribution is 2.24. The molecule has 0 radical (unpaired) electrons. The Kier molecular flexibility index (Phi) is 5.05. The molecule has 0 N–H and O–H groups in total. The summed E-state index contributed by atoms with van der Waals surface area (Å²) in [6.07, 6.45) is 6.19. The molecule has 1 aliphatic rings. The summed E-state index contributed by atoms with van der Waals surface area (Å²) in [4.78, 5) is 0. The fourth-order valence-electron chi connectivity index (χ4n) is 2.82. The zero-order valence-corrected chi connectivity index (χ0v) is 13.0. The minimum absolute atomic E-state index is 0.154. The van der Waals surface area contributed by atoms with Gasteiger partial charge in [-0.3, -0.25) is 0 Å². The first-order chi connectivity index (χ1) is 9.50. The van der Waals surface area contributed by atoms with Gasteiger partial charge in [0.15, 0.2) is 0 Å². The van der Waals surface area contributed by atoms with Crippen LogP contribution in [-0.4, -0.2) is 38.7 Å². The molecule has 1 aromatic carbocycles. The van der Waals surface area contributed by atoms with Crippen LogP contribution >= 0.6 is 0 Å². The van der Waals surface area contributed by atoms with Crippen LogP contribution in [0, 0.1) is 0 Å². The van der Waals surface area contributed by atoms with Crippen molar-refractivity contribution in [2.24, 2.45) is 0 Å². The second-order valence-electron chi connectivity index (χ2n) is 5.41. The average molecular weight is 297 g/mol. The van der Waals surface area contributed by atoms with Crippen LogP contribution < -0.4 is 4.74 Å². The molecule has 0 spiro atoms. The van der Waals surface area contributed by atoms with Gasteiger partial charge in [-0.05, 0) is 43.4 Å². The molecule has 0 aromatic heterocycles. The van der Waals surface area contributed by atoms with Crippen molar-refractivity contribution in [1.82, 2.24) is 4.31 Å². The quantitative estimate of drug-likeness (QED) is 0.838. The van der Waals surface area contributed by atoms with E-state index in [0.29, 0.717) is 6.54 Å². The second-order valence-corrected chi connectivity index (χ2v) is 7.35. The van der Waals surface area contributed by atoms with Gasteiger partial charge in [0.25, 0.3) is 0 Å². The predicted octanol–water partition coefficient (Wildman–Crippen LogP) is 2.44. The van der Waals surface area contributed by atoms with E-state index >= 15 is 0 Å². The van der Waals surface area contributed by atoms with Crippen molar-refractivity contribution in [3.05, 3.63) is 29.8 Å². The molecular formula is C15H23NO3S. The highest BCUT2D eigenvalue weighted by molar-refractivity contribution is 7.88. The zero-order valence-electron chi connectivity index (χ0n) is 12.2. The molecule has 112 valence electrons. The van der Waals surface area contributed by atoms with Gasteiger partial charge in [0.2, 0.25) is 10.0 Å². The molecule has 1 atom stereocenters. The summed E-state index contributed by atoms with van der Waals surface area (Å²) in [5.41, 5.74) is 1.23. The Morgan fingerprint density at radius 3 is 2.55 bits per heavy atom. The highest BCUT2D eigenvalue weighted by atomic mass is 32.2. The van der Waals surface area contributed by atoms with Gasteiger partial charge < -0.3 is 4.74 Å². The van der Waals surface area contributed by atoms with E-state index in [2.05, 4.69) is 0 Å². The number of aryl methyl sites for hydroxylation is 1. The number of methoxy groups -OCH3 is 1. The molecule has 1 aromatic rings. The second kappa shape index (κ2) is 6.59. The fourth-order valence-corrected chi connectivity index (χ4v) is 4.04. The molecule has 2 rings (SSSR count). The van der Waals surface area contributed by atoms with E-state index in [-0.39, 0.29) is 6.04 Å². The zero-order chi connectivity index (χ0) is 14.6. The van der Waals surface area contributed by atoms with E-state index in [1.165, 1.54) is 11.8 Å². The topological polar surface area (TPSA) is 46.6 Å². The van der Waals surface area contributed by atoms with Gasteiger partial charge in [0.1, 0.15) is 5.75 Å². The molecule has 1 aliphatic heterocycles. The molecule has 5 heteroatoms. The minimum atomic E-state index is -3.08. The van der Waals surface area contributed by atoms with Gasteiger partial charge in [0.05, 0.1) is 13.4 Å². The van der Waals surface area contributed by atoms with Crippen molar-refractivity contribution in [3.63, 3.8) is 0 Å². The van der Waals surface area contributed by atoms with Crippen molar-refractivity contribution in [2.45, 2.75) is 38.1 Å². The number of sulfonamides is 1. The first-order valence-corrected chi connectivity index (χ1v) is 8.95. The molecule has 1 saturated heterocycles. The third-order valence-electron chi connectivity index (χ3n) is 3.92. The lowest BCUT2D eigenvalue weighted by Gasteiger charge is -2.33. The number of ether oxygens (including phenoxy) is 1. The number of nitrogens with zero attached hydrogens (tertiary/aromatic N) is 1. The Hall–Kier alpha value is -1.07. The van der Waals surface area contributed by atoms with E-state index in [1.807, 2.05) is 24.3 Å². The molecule has 4 nitrogen and oxygen atoms in total. The van der Waals surface area contributed by atoms with Crippen LogP contribution in [0.1, 0.15) is 31.2 Å². The van der Waals surface area contributed by atoms with Crippen molar-refractivity contribution in [3.8, 4) is 5.75 Å². The minimum Gasteiger partial charge on any atom is -0.497 e. The Morgan fingerprint density at radius 2 is 1.95 bits per heavy atom. The monoisotopic (exact) mass is 297 g/mol. The van der Waals surface area contributed by atoms with Gasteiger partial charge in [0, 0.05) is 12.6 Å². The lowest BCUT2D eigenvalue weighted by atomic mass is 9.98. The molecule has 1 unspecified atom stereocenters. The number of rotatable bonds is 5. The van der Waals surface area contributed by atoms with Crippen LogP contribution in [0.15, 0.2) is 24.3 Å². The standard InChI is InChI=1S/C15H23NO3S/c1-19-15-10-7-13(8-11-15)6-9-14-5-3-4-12-16(14)20(2,17)18/h7-8,10-11,14H,3-6,9,12H2,1-2H3. The Labute approximate surface area is 121 Å². The maximum Gasteiger partial charge on any atom is 0.211 e. The molecule has 0 saturated carbocycles. The van der Waals surface area contributed by atoms with Crippen LogP contribution in [0.5, 0.6) is 5.75 Å². The highest BCUT2D eigenvalue weighted by Gasteiger charge is 2.28. The van der Waals surface area contributed by atoms with Crippen molar-refractivity contribution in [1.29, 1.82) is 0 Å². The van der Waals surface area contributed by atoms with Gasteiger partial charge >= 0.3 is 0 Å². The lowest BCUT2D eigenvalue weighted by Crippen LogP contribution is -2.43. The van der Waals surface area contributed by atoms with E-state index in [0.717, 1.165) is 37.9 Å². The van der Waals surface area contributed by atoms with E-state index in [4.69, 9.17) is 4.74 Å². The molecule has 0 bridgehead atoms. The van der Waals surface area contributed by atoms with E-state index in [1.54, 1.807) is 11.4 Å². The van der Waals surface area contributed by atoms with Crippen LogP contribution in [0.3, 0.4) is 0 Å². The normalized spacial score (nSPS) is 20.8. The molecule has 20 heavy (non-hydrogen) atoms. The number of piperidine rings is 1. The summed E-state index contributed by atoms with van der Waals surface area (Å²) in [6, 6.07) is 8.15. The predicted molar refractivity (Wildman–Crippen MR) is 80.5 cm³/mol. The summed E-state index contributed by atoms with van der Waals surface area (Å²) in [5.74, 6) is 0.851. The fraction of sp³-hybridized carbons (Fsp3) is 0.600. The average Bonchev–Trinajstić information content (AvgIpc) is 2.45. The molecule has 0 aliphatic carbocycles. The van der Waals surface area contributed by atoms with E-state index in [9.17, 15) is 8.42 Å². The van der Waals surface area contributed by atoms with Crippen LogP contribution in [0.2, 0.25) is 0 Å². The number of hydrogen-bond acceptors (Lipinski definition) is 3. The summed E-state index contributed by atoms with van der Waals surface area (Å²) in [7, 11) is -1.42. The summed E-state index contributed by atoms with van der Waals surface area (Å²) in [6.45, 7) is 0.673. The van der Waals surface area contributed by atoms with Crippen molar-refractivity contribution >= 4 is 10.0 Å². The Morgan fingerprint density at radius 1 is 1.25 bits per heavy atom. The van der Waals surface area contributed by atoms with Gasteiger partial charge in [-0.25, -0.2) is 8.42 Å². The molecular weight excluding hydrogens is 274 g/mol. The molecule has 1 fully saturated rings. The number of hydrogen-bond donors (Lipinski definition) is 0. The molecule has 1 heterocycles. The van der Waals surface area contributed by atoms with Crippen molar-refractivity contribution in [2.75, 3.05) is 19.9 Å². The maximum atomic E-state index is 11.8. The largest absolute Gasteiger partial charge is 0.497 e. The van der Waals surface area contributed by atoms with Crippen LogP contribution in [0.25, 0.3) is 0 Å². The van der Waals surface area contributed by atoms with E-state index < -0.39 is 10.0 Å². The third-order valence-corrected chi connectivity index (χ3v) is 5.26. The molecule has 0 amide bonds. The summed E-state index contributed by atoms with van der Waals surface area (Å²) < 4.78 is 30.4. The Balaban J connectivity index is 1.97. The third kappa shape index (κ3) is 3.96.